The highest BCUT2D eigenvalue weighted by molar-refractivity contribution is 7.80. The molecule has 2 amide bonds. The zero-order valence-electron chi connectivity index (χ0n) is 19.7. The van der Waals surface area contributed by atoms with Gasteiger partial charge >= 0.3 is 0 Å². The molecule has 182 valence electrons. The van der Waals surface area contributed by atoms with Crippen LogP contribution in [-0.4, -0.2) is 72.5 Å². The number of H-pyrrole nitrogens is 2. The molecular formula is C26H24N6O2S2. The van der Waals surface area contributed by atoms with Crippen molar-refractivity contribution in [2.24, 2.45) is 0 Å². The molecule has 36 heavy (non-hydrogen) atoms. The Balaban J connectivity index is 1.48. The monoisotopic (exact) mass is 516 g/mol. The normalized spacial score (nSPS) is 22.5. The number of likely N-dealkylation sites (N-methyl/N-ethyl adjacent to an activating group) is 2. The Hall–Kier alpha value is -3.76. The molecule has 0 radical (unpaired) electrons. The second-order valence-corrected chi connectivity index (χ2v) is 10.1. The minimum atomic E-state index is -1.34. The van der Waals surface area contributed by atoms with E-state index in [0.717, 1.165) is 32.9 Å². The number of rotatable bonds is 5. The van der Waals surface area contributed by atoms with Crippen molar-refractivity contribution in [2.75, 3.05) is 14.1 Å². The Bertz CT molecular complexity index is 1570. The number of fused-ring (bicyclic) bond motifs is 2. The molecule has 2 aromatic carbocycles. The maximum absolute atomic E-state index is 13.9. The van der Waals surface area contributed by atoms with E-state index in [4.69, 9.17) is 24.4 Å². The Labute approximate surface area is 218 Å². The number of hydrogen-bond donors (Lipinski definition) is 3. The van der Waals surface area contributed by atoms with E-state index in [0.29, 0.717) is 16.6 Å². The molecule has 2 unspecified atom stereocenters. The molecular weight excluding hydrogens is 492 g/mol. The molecule has 0 spiro atoms. The number of nitrogens with one attached hydrogen (secondary N) is 3. The summed E-state index contributed by atoms with van der Waals surface area (Å²) in [7, 11) is 3.31. The predicted octanol–water partition coefficient (Wildman–Crippen LogP) is 2.90. The number of carbonyl (C=O) groups is 2. The van der Waals surface area contributed by atoms with E-state index in [-0.39, 0.29) is 18.2 Å². The molecule has 8 nitrogen and oxygen atoms in total. The maximum Gasteiger partial charge on any atom is 0.275 e. The Morgan fingerprint density at radius 3 is 2.06 bits per heavy atom. The number of aromatic amines is 2. The number of thiocarbonyl (C=S) groups is 2. The van der Waals surface area contributed by atoms with Crippen LogP contribution in [0.1, 0.15) is 11.1 Å². The highest BCUT2D eigenvalue weighted by atomic mass is 32.1. The highest BCUT2D eigenvalue weighted by Crippen LogP contribution is 2.36. The fourth-order valence-electron chi connectivity index (χ4n) is 5.45. The van der Waals surface area contributed by atoms with Gasteiger partial charge in [0.2, 0.25) is 5.66 Å². The van der Waals surface area contributed by atoms with Gasteiger partial charge in [0.05, 0.1) is 0 Å². The van der Waals surface area contributed by atoms with Gasteiger partial charge in [0.15, 0.2) is 10.2 Å². The number of nitrogens with zero attached hydrogens (tertiary/aromatic N) is 3. The average molecular weight is 517 g/mol. The van der Waals surface area contributed by atoms with Crippen LogP contribution in [0.2, 0.25) is 0 Å². The molecule has 6 rings (SSSR count). The van der Waals surface area contributed by atoms with E-state index in [2.05, 4.69) is 15.3 Å². The van der Waals surface area contributed by atoms with Gasteiger partial charge in [-0.05, 0) is 47.7 Å². The molecule has 0 aliphatic carbocycles. The zero-order valence-corrected chi connectivity index (χ0v) is 21.4. The highest BCUT2D eigenvalue weighted by Gasteiger charge is 2.60. The molecule has 2 fully saturated rings. The summed E-state index contributed by atoms with van der Waals surface area (Å²) in [6.07, 6.45) is 4.48. The minimum absolute atomic E-state index is 0.154. The van der Waals surface area contributed by atoms with Crippen molar-refractivity contribution in [3.8, 4) is 0 Å². The summed E-state index contributed by atoms with van der Waals surface area (Å²) in [5.74, 6) is -0.397. The molecule has 2 aromatic heterocycles. The summed E-state index contributed by atoms with van der Waals surface area (Å²) < 4.78 is 0. The van der Waals surface area contributed by atoms with Gasteiger partial charge in [-0.15, -0.1) is 0 Å². The average Bonchev–Trinajstić information content (AvgIpc) is 3.59. The lowest BCUT2D eigenvalue weighted by Crippen LogP contribution is -2.65. The van der Waals surface area contributed by atoms with Crippen LogP contribution in [-0.2, 0) is 22.4 Å². The van der Waals surface area contributed by atoms with Crippen LogP contribution in [0.15, 0.2) is 60.9 Å². The molecule has 0 bridgehead atoms. The number of amides is 2. The van der Waals surface area contributed by atoms with Crippen molar-refractivity contribution in [1.82, 2.24) is 30.0 Å². The first-order valence-corrected chi connectivity index (χ1v) is 12.4. The van der Waals surface area contributed by atoms with E-state index < -0.39 is 11.7 Å². The van der Waals surface area contributed by atoms with E-state index in [1.807, 2.05) is 60.9 Å². The molecule has 4 aromatic rings. The lowest BCUT2D eigenvalue weighted by Gasteiger charge is -2.40. The maximum atomic E-state index is 13.9. The van der Waals surface area contributed by atoms with Crippen LogP contribution >= 0.6 is 24.4 Å². The molecule has 2 aliphatic heterocycles. The van der Waals surface area contributed by atoms with Gasteiger partial charge < -0.3 is 20.2 Å². The van der Waals surface area contributed by atoms with Gasteiger partial charge in [-0.1, -0.05) is 36.4 Å². The number of hydrogen-bond acceptors (Lipinski definition) is 4. The second-order valence-electron chi connectivity index (χ2n) is 9.32. The third-order valence-electron chi connectivity index (χ3n) is 7.32. The Morgan fingerprint density at radius 1 is 0.861 bits per heavy atom. The first-order valence-electron chi connectivity index (χ1n) is 11.6. The molecule has 0 saturated carbocycles. The van der Waals surface area contributed by atoms with Crippen LogP contribution < -0.4 is 5.32 Å². The largest absolute Gasteiger partial charge is 0.361 e. The van der Waals surface area contributed by atoms with E-state index in [1.54, 1.807) is 19.0 Å². The number of para-hydroxylation sites is 2. The summed E-state index contributed by atoms with van der Waals surface area (Å²) in [5, 5.41) is 5.91. The Morgan fingerprint density at radius 2 is 1.44 bits per heavy atom. The quantitative estimate of drug-likeness (QED) is 0.354. The van der Waals surface area contributed by atoms with Crippen molar-refractivity contribution in [1.29, 1.82) is 0 Å². The van der Waals surface area contributed by atoms with Gasteiger partial charge in [-0.2, -0.15) is 0 Å². The van der Waals surface area contributed by atoms with Crippen molar-refractivity contribution >= 4 is 68.3 Å². The standard InChI is InChI=1S/C26H24N6O2S2/c1-30-22(33)21(11-15-13-27-19-9-5-3-7-17(15)19)32(25(30)36)26(23(34)31(2)24(35)29-26)12-16-14-28-20-10-6-4-8-18(16)20/h3-10,13-14,21,27-28H,11-12H2,1-2H3,(H,29,35). The van der Waals surface area contributed by atoms with Crippen LogP contribution in [0.5, 0.6) is 0 Å². The molecule has 2 saturated heterocycles. The second kappa shape index (κ2) is 8.14. The van der Waals surface area contributed by atoms with Gasteiger partial charge in [-0.25, -0.2) is 0 Å². The third-order valence-corrected chi connectivity index (χ3v) is 8.16. The summed E-state index contributed by atoms with van der Waals surface area (Å²) in [5.41, 5.74) is 2.53. The van der Waals surface area contributed by atoms with Crippen molar-refractivity contribution in [3.63, 3.8) is 0 Å². The summed E-state index contributed by atoms with van der Waals surface area (Å²) in [6, 6.07) is 15.2. The molecule has 2 atom stereocenters. The third kappa shape index (κ3) is 3.17. The van der Waals surface area contributed by atoms with Gasteiger partial charge in [0.1, 0.15) is 6.04 Å². The topological polar surface area (TPSA) is 87.5 Å². The van der Waals surface area contributed by atoms with Crippen LogP contribution in [0.4, 0.5) is 0 Å². The van der Waals surface area contributed by atoms with Crippen molar-refractivity contribution < 1.29 is 9.59 Å². The first kappa shape index (κ1) is 22.7. The molecule has 4 heterocycles. The summed E-state index contributed by atoms with van der Waals surface area (Å²) >= 11 is 11.3. The zero-order chi connectivity index (χ0) is 25.2. The minimum Gasteiger partial charge on any atom is -0.361 e. The lowest BCUT2D eigenvalue weighted by molar-refractivity contribution is -0.137. The fourth-order valence-corrected chi connectivity index (χ4v) is 6.07. The van der Waals surface area contributed by atoms with Crippen LogP contribution in [0.25, 0.3) is 21.8 Å². The lowest BCUT2D eigenvalue weighted by atomic mass is 9.94. The predicted molar refractivity (Wildman–Crippen MR) is 146 cm³/mol. The van der Waals surface area contributed by atoms with E-state index >= 15 is 0 Å². The smallest absolute Gasteiger partial charge is 0.275 e. The SMILES string of the molecule is CN1C(=O)C(Cc2c[nH]c3ccccc23)(N2C(=S)N(C)C(=O)C2Cc2c[nH]c3ccccc23)NC1=S. The summed E-state index contributed by atoms with van der Waals surface area (Å²) in [4.78, 5) is 38.7. The number of carbonyl (C=O) groups excluding carboxylic acids is 2. The summed E-state index contributed by atoms with van der Waals surface area (Å²) in [6.45, 7) is 0. The van der Waals surface area contributed by atoms with E-state index in [1.165, 1.54) is 9.80 Å². The van der Waals surface area contributed by atoms with E-state index in [9.17, 15) is 9.59 Å². The Kier molecular flexibility index (Phi) is 5.13. The van der Waals surface area contributed by atoms with Gasteiger partial charge in [0.25, 0.3) is 11.8 Å². The fraction of sp³-hybridized carbons (Fsp3) is 0.231. The van der Waals surface area contributed by atoms with Gasteiger partial charge in [0, 0.05) is 61.1 Å². The van der Waals surface area contributed by atoms with Gasteiger partial charge in [-0.3, -0.25) is 19.4 Å². The molecule has 10 heteroatoms. The van der Waals surface area contributed by atoms with Crippen molar-refractivity contribution in [2.45, 2.75) is 24.5 Å². The van der Waals surface area contributed by atoms with Crippen LogP contribution in [0, 0.1) is 0 Å². The number of benzene rings is 2. The first-order chi connectivity index (χ1) is 17.3. The number of aromatic nitrogens is 2. The molecule has 2 aliphatic rings. The van der Waals surface area contributed by atoms with Crippen LogP contribution in [0.3, 0.4) is 0 Å². The van der Waals surface area contributed by atoms with Crippen molar-refractivity contribution in [3.05, 3.63) is 72.1 Å². The molecule has 3 N–H and O–H groups in total.